The molecule has 1 aromatic rings. The Labute approximate surface area is 166 Å². The van der Waals surface area contributed by atoms with E-state index in [0.717, 1.165) is 61.1 Å². The molecule has 5 heteroatoms. The lowest BCUT2D eigenvalue weighted by Gasteiger charge is -2.31. The normalized spacial score (nSPS) is 19.2. The minimum Gasteiger partial charge on any atom is -0.356 e. The second-order valence-corrected chi connectivity index (χ2v) is 8.21. The van der Waals surface area contributed by atoms with Crippen molar-refractivity contribution in [3.8, 4) is 0 Å². The van der Waals surface area contributed by atoms with E-state index in [0.29, 0.717) is 0 Å². The molecule has 1 heterocycles. The van der Waals surface area contributed by atoms with Gasteiger partial charge in [-0.2, -0.15) is 0 Å². The van der Waals surface area contributed by atoms with Crippen molar-refractivity contribution in [2.75, 3.05) is 19.6 Å². The summed E-state index contributed by atoms with van der Waals surface area (Å²) in [6, 6.07) is 5.63. The van der Waals surface area contributed by atoms with Crippen LogP contribution in [0, 0.1) is 5.92 Å². The van der Waals surface area contributed by atoms with Crippen molar-refractivity contribution in [3.05, 3.63) is 45.5 Å². The van der Waals surface area contributed by atoms with Gasteiger partial charge < -0.3 is 5.32 Å². The van der Waals surface area contributed by atoms with Crippen LogP contribution in [0.2, 0.25) is 10.0 Å². The number of hydrogen-bond acceptors (Lipinski definition) is 2. The standard InChI is InChI=1S/C21H28Cl2N2O/c22-19-7-4-8-20(23)18(19)15-25-13-10-17(11-14-25)21(26)24-12-9-16-5-2-1-3-6-16/h4-5,7-8,17H,1-3,6,9-15H2,(H,24,26). The summed E-state index contributed by atoms with van der Waals surface area (Å²) in [5.74, 6) is 0.352. The van der Waals surface area contributed by atoms with E-state index in [2.05, 4.69) is 16.3 Å². The summed E-state index contributed by atoms with van der Waals surface area (Å²) >= 11 is 12.5. The third-order valence-electron chi connectivity index (χ3n) is 5.53. The van der Waals surface area contributed by atoms with Crippen molar-refractivity contribution >= 4 is 29.1 Å². The molecule has 0 spiro atoms. The van der Waals surface area contributed by atoms with Gasteiger partial charge >= 0.3 is 0 Å². The monoisotopic (exact) mass is 394 g/mol. The highest BCUT2D eigenvalue weighted by Crippen LogP contribution is 2.28. The molecular formula is C21H28Cl2N2O. The lowest BCUT2D eigenvalue weighted by atomic mass is 9.95. The summed E-state index contributed by atoms with van der Waals surface area (Å²) in [5, 5.41) is 4.58. The second-order valence-electron chi connectivity index (χ2n) is 7.40. The fraction of sp³-hybridized carbons (Fsp3) is 0.571. The number of hydrogen-bond donors (Lipinski definition) is 1. The number of rotatable bonds is 6. The molecule has 1 aromatic carbocycles. The van der Waals surface area contributed by atoms with Gasteiger partial charge in [-0.15, -0.1) is 0 Å². The van der Waals surface area contributed by atoms with E-state index in [1.165, 1.54) is 31.3 Å². The van der Waals surface area contributed by atoms with Crippen LogP contribution in [-0.2, 0) is 11.3 Å². The molecule has 0 saturated carbocycles. The van der Waals surface area contributed by atoms with Gasteiger partial charge in [0.15, 0.2) is 0 Å². The first-order chi connectivity index (χ1) is 12.6. The maximum absolute atomic E-state index is 12.4. The maximum Gasteiger partial charge on any atom is 0.223 e. The van der Waals surface area contributed by atoms with Crippen molar-refractivity contribution in [1.29, 1.82) is 0 Å². The summed E-state index contributed by atoms with van der Waals surface area (Å²) < 4.78 is 0. The lowest BCUT2D eigenvalue weighted by Crippen LogP contribution is -2.40. The van der Waals surface area contributed by atoms with Gasteiger partial charge in [-0.1, -0.05) is 40.9 Å². The van der Waals surface area contributed by atoms with E-state index >= 15 is 0 Å². The highest BCUT2D eigenvalue weighted by molar-refractivity contribution is 6.35. The molecule has 1 fully saturated rings. The van der Waals surface area contributed by atoms with Gasteiger partial charge in [0.2, 0.25) is 5.91 Å². The Kier molecular flexibility index (Phi) is 7.42. The molecule has 0 aromatic heterocycles. The summed E-state index contributed by atoms with van der Waals surface area (Å²) in [5.41, 5.74) is 2.50. The van der Waals surface area contributed by atoms with Crippen LogP contribution in [0.1, 0.15) is 50.5 Å². The van der Waals surface area contributed by atoms with Crippen molar-refractivity contribution < 1.29 is 4.79 Å². The molecule has 0 bridgehead atoms. The maximum atomic E-state index is 12.4. The summed E-state index contributed by atoms with van der Waals surface area (Å²) in [7, 11) is 0. The number of piperidine rings is 1. The van der Waals surface area contributed by atoms with E-state index in [1.807, 2.05) is 18.2 Å². The van der Waals surface area contributed by atoms with E-state index < -0.39 is 0 Å². The highest BCUT2D eigenvalue weighted by Gasteiger charge is 2.25. The highest BCUT2D eigenvalue weighted by atomic mass is 35.5. The fourth-order valence-electron chi connectivity index (χ4n) is 3.88. The zero-order valence-electron chi connectivity index (χ0n) is 15.3. The van der Waals surface area contributed by atoms with Crippen LogP contribution in [0.3, 0.4) is 0 Å². The minimum absolute atomic E-state index is 0.133. The van der Waals surface area contributed by atoms with Crippen LogP contribution < -0.4 is 5.32 Å². The van der Waals surface area contributed by atoms with E-state index in [-0.39, 0.29) is 11.8 Å². The fourth-order valence-corrected chi connectivity index (χ4v) is 4.40. The first-order valence-corrected chi connectivity index (χ1v) is 10.5. The predicted molar refractivity (Wildman–Crippen MR) is 109 cm³/mol. The molecule has 0 unspecified atom stereocenters. The summed E-state index contributed by atoms with van der Waals surface area (Å²) in [4.78, 5) is 14.8. The second kappa shape index (κ2) is 9.77. The van der Waals surface area contributed by atoms with E-state index in [4.69, 9.17) is 23.2 Å². The van der Waals surface area contributed by atoms with Crippen LogP contribution in [0.15, 0.2) is 29.8 Å². The number of nitrogens with one attached hydrogen (secondary N) is 1. The smallest absolute Gasteiger partial charge is 0.223 e. The molecule has 3 rings (SSSR count). The number of likely N-dealkylation sites (tertiary alicyclic amines) is 1. The lowest BCUT2D eigenvalue weighted by molar-refractivity contribution is -0.126. The number of amides is 1. The van der Waals surface area contributed by atoms with Crippen LogP contribution in [0.25, 0.3) is 0 Å². The van der Waals surface area contributed by atoms with Crippen LogP contribution >= 0.6 is 23.2 Å². The molecule has 142 valence electrons. The van der Waals surface area contributed by atoms with Crippen molar-refractivity contribution in [3.63, 3.8) is 0 Å². The van der Waals surface area contributed by atoms with Gasteiger partial charge in [0, 0.05) is 34.6 Å². The SMILES string of the molecule is O=C(NCCC1=CCCCC1)C1CCN(Cc2c(Cl)cccc2Cl)CC1. The van der Waals surface area contributed by atoms with E-state index in [9.17, 15) is 4.79 Å². The zero-order chi connectivity index (χ0) is 18.4. The number of allylic oxidation sites excluding steroid dienone is 1. The van der Waals surface area contributed by atoms with Crippen LogP contribution in [0.4, 0.5) is 0 Å². The third kappa shape index (κ3) is 5.48. The third-order valence-corrected chi connectivity index (χ3v) is 6.24. The largest absolute Gasteiger partial charge is 0.356 e. The molecule has 1 aliphatic carbocycles. The van der Waals surface area contributed by atoms with Gasteiger partial charge in [0.1, 0.15) is 0 Å². The molecule has 3 nitrogen and oxygen atoms in total. The Morgan fingerprint density at radius 1 is 1.15 bits per heavy atom. The number of carbonyl (C=O) groups is 1. The van der Waals surface area contributed by atoms with Gasteiger partial charge in [-0.25, -0.2) is 0 Å². The number of nitrogens with zero attached hydrogens (tertiary/aromatic N) is 1. The molecule has 0 atom stereocenters. The molecule has 26 heavy (non-hydrogen) atoms. The zero-order valence-corrected chi connectivity index (χ0v) is 16.8. The molecule has 1 saturated heterocycles. The summed E-state index contributed by atoms with van der Waals surface area (Å²) in [6.45, 7) is 3.34. The number of carbonyl (C=O) groups excluding carboxylic acids is 1. The Morgan fingerprint density at radius 3 is 2.54 bits per heavy atom. The topological polar surface area (TPSA) is 32.3 Å². The van der Waals surface area contributed by atoms with Gasteiger partial charge in [-0.3, -0.25) is 9.69 Å². The summed E-state index contributed by atoms with van der Waals surface area (Å²) in [6.07, 6.45) is 10.2. The molecule has 1 aliphatic heterocycles. The first-order valence-electron chi connectivity index (χ1n) is 9.74. The first kappa shape index (κ1) is 19.7. The predicted octanol–water partition coefficient (Wildman–Crippen LogP) is 5.21. The van der Waals surface area contributed by atoms with Gasteiger partial charge in [-0.05, 0) is 70.2 Å². The average Bonchev–Trinajstić information content (AvgIpc) is 2.66. The van der Waals surface area contributed by atoms with Crippen LogP contribution in [0.5, 0.6) is 0 Å². The molecule has 0 radical (unpaired) electrons. The van der Waals surface area contributed by atoms with Crippen molar-refractivity contribution in [1.82, 2.24) is 10.2 Å². The Balaban J connectivity index is 1.40. The molecule has 2 aliphatic rings. The Hall–Kier alpha value is -1.03. The number of halogens is 2. The van der Waals surface area contributed by atoms with E-state index in [1.54, 1.807) is 0 Å². The Bertz CT molecular complexity index is 631. The average molecular weight is 395 g/mol. The minimum atomic E-state index is 0.133. The quantitative estimate of drug-likeness (QED) is 0.671. The molecular weight excluding hydrogens is 367 g/mol. The van der Waals surface area contributed by atoms with Gasteiger partial charge in [0.25, 0.3) is 0 Å². The molecule has 1 N–H and O–H groups in total. The Morgan fingerprint density at radius 2 is 1.88 bits per heavy atom. The molecule has 1 amide bonds. The van der Waals surface area contributed by atoms with Gasteiger partial charge in [0.05, 0.1) is 0 Å². The van der Waals surface area contributed by atoms with Crippen molar-refractivity contribution in [2.24, 2.45) is 5.92 Å². The van der Waals surface area contributed by atoms with Crippen LogP contribution in [-0.4, -0.2) is 30.4 Å². The number of benzene rings is 1. The van der Waals surface area contributed by atoms with Crippen molar-refractivity contribution in [2.45, 2.75) is 51.5 Å².